The van der Waals surface area contributed by atoms with Crippen LogP contribution in [0.3, 0.4) is 0 Å². The highest BCUT2D eigenvalue weighted by Crippen LogP contribution is 2.25. The molecule has 0 aromatic rings. The van der Waals surface area contributed by atoms with E-state index in [2.05, 4.69) is 5.48 Å². The van der Waals surface area contributed by atoms with Crippen LogP contribution in [0.2, 0.25) is 0 Å². The SMILES string of the molecule is NCCONC(=O)C1CCC1. The lowest BCUT2D eigenvalue weighted by molar-refractivity contribution is -0.140. The van der Waals surface area contributed by atoms with Crippen molar-refractivity contribution in [3.05, 3.63) is 0 Å². The Morgan fingerprint density at radius 1 is 1.64 bits per heavy atom. The van der Waals surface area contributed by atoms with E-state index in [9.17, 15) is 4.79 Å². The molecule has 0 heterocycles. The Morgan fingerprint density at radius 3 is 2.82 bits per heavy atom. The van der Waals surface area contributed by atoms with Crippen molar-refractivity contribution in [3.8, 4) is 0 Å². The summed E-state index contributed by atoms with van der Waals surface area (Å²) < 4.78 is 0. The number of carbonyl (C=O) groups excluding carboxylic acids is 1. The van der Waals surface area contributed by atoms with Gasteiger partial charge in [-0.2, -0.15) is 0 Å². The predicted octanol–water partition coefficient (Wildman–Crippen LogP) is -0.207. The Balaban J connectivity index is 2.01. The Kier molecular flexibility index (Phi) is 3.32. The molecule has 3 N–H and O–H groups in total. The topological polar surface area (TPSA) is 64.3 Å². The summed E-state index contributed by atoms with van der Waals surface area (Å²) >= 11 is 0. The average Bonchev–Trinajstić information content (AvgIpc) is 1.84. The number of nitrogens with two attached hydrogens (primary N) is 1. The lowest BCUT2D eigenvalue weighted by Crippen LogP contribution is -2.35. The Hall–Kier alpha value is -0.610. The molecule has 0 saturated heterocycles. The third-order valence-corrected chi connectivity index (χ3v) is 1.87. The molecule has 0 radical (unpaired) electrons. The summed E-state index contributed by atoms with van der Waals surface area (Å²) in [6.45, 7) is 0.823. The van der Waals surface area contributed by atoms with Crippen molar-refractivity contribution in [2.75, 3.05) is 13.2 Å². The maximum absolute atomic E-state index is 11.0. The van der Waals surface area contributed by atoms with Crippen LogP contribution in [0.5, 0.6) is 0 Å². The van der Waals surface area contributed by atoms with Crippen molar-refractivity contribution in [2.24, 2.45) is 11.7 Å². The second-order valence-electron chi connectivity index (χ2n) is 2.73. The van der Waals surface area contributed by atoms with Crippen molar-refractivity contribution in [1.29, 1.82) is 0 Å². The van der Waals surface area contributed by atoms with E-state index >= 15 is 0 Å². The lowest BCUT2D eigenvalue weighted by Gasteiger charge is -2.23. The largest absolute Gasteiger partial charge is 0.328 e. The highest BCUT2D eigenvalue weighted by Gasteiger charge is 2.24. The van der Waals surface area contributed by atoms with Gasteiger partial charge in [-0.15, -0.1) is 0 Å². The first-order valence-corrected chi connectivity index (χ1v) is 3.96. The molecule has 1 saturated carbocycles. The normalized spacial score (nSPS) is 17.5. The molecule has 64 valence electrons. The predicted molar refractivity (Wildman–Crippen MR) is 40.5 cm³/mol. The number of rotatable bonds is 4. The number of nitrogens with one attached hydrogen (secondary N) is 1. The molecule has 0 bridgehead atoms. The van der Waals surface area contributed by atoms with Crippen LogP contribution in [0.4, 0.5) is 0 Å². The van der Waals surface area contributed by atoms with Crippen molar-refractivity contribution in [3.63, 3.8) is 0 Å². The highest BCUT2D eigenvalue weighted by atomic mass is 16.6. The van der Waals surface area contributed by atoms with E-state index in [0.29, 0.717) is 13.2 Å². The van der Waals surface area contributed by atoms with Crippen LogP contribution in [0.1, 0.15) is 19.3 Å². The van der Waals surface area contributed by atoms with Crippen molar-refractivity contribution in [1.82, 2.24) is 5.48 Å². The summed E-state index contributed by atoms with van der Waals surface area (Å²) in [6.07, 6.45) is 3.16. The Labute approximate surface area is 66.0 Å². The van der Waals surface area contributed by atoms with Crippen LogP contribution in [-0.4, -0.2) is 19.1 Å². The molecule has 0 aromatic heterocycles. The third-order valence-electron chi connectivity index (χ3n) is 1.87. The summed E-state index contributed by atoms with van der Waals surface area (Å²) in [5, 5.41) is 0. The number of amides is 1. The monoisotopic (exact) mass is 158 g/mol. The van der Waals surface area contributed by atoms with Gasteiger partial charge in [-0.1, -0.05) is 6.42 Å². The smallest absolute Gasteiger partial charge is 0.246 e. The average molecular weight is 158 g/mol. The molecule has 0 spiro atoms. The molecule has 0 aromatic carbocycles. The van der Waals surface area contributed by atoms with Gasteiger partial charge >= 0.3 is 0 Å². The van der Waals surface area contributed by atoms with E-state index in [1.807, 2.05) is 0 Å². The van der Waals surface area contributed by atoms with Gasteiger partial charge in [-0.3, -0.25) is 9.63 Å². The van der Waals surface area contributed by atoms with E-state index in [0.717, 1.165) is 19.3 Å². The first-order valence-electron chi connectivity index (χ1n) is 3.96. The quantitative estimate of drug-likeness (QED) is 0.439. The van der Waals surface area contributed by atoms with Crippen LogP contribution >= 0.6 is 0 Å². The summed E-state index contributed by atoms with van der Waals surface area (Å²) in [6, 6.07) is 0. The summed E-state index contributed by atoms with van der Waals surface area (Å²) in [7, 11) is 0. The fourth-order valence-electron chi connectivity index (χ4n) is 0.935. The van der Waals surface area contributed by atoms with E-state index < -0.39 is 0 Å². The minimum Gasteiger partial charge on any atom is -0.328 e. The molecule has 11 heavy (non-hydrogen) atoms. The van der Waals surface area contributed by atoms with E-state index in [-0.39, 0.29) is 11.8 Å². The van der Waals surface area contributed by atoms with Gasteiger partial charge in [0.2, 0.25) is 5.91 Å². The summed E-state index contributed by atoms with van der Waals surface area (Å²) in [5.41, 5.74) is 7.53. The fraction of sp³-hybridized carbons (Fsp3) is 0.857. The van der Waals surface area contributed by atoms with Crippen molar-refractivity contribution >= 4 is 5.91 Å². The minimum absolute atomic E-state index is 0.00435. The zero-order valence-electron chi connectivity index (χ0n) is 6.51. The van der Waals surface area contributed by atoms with Crippen molar-refractivity contribution < 1.29 is 9.63 Å². The van der Waals surface area contributed by atoms with Crippen LogP contribution in [0.15, 0.2) is 0 Å². The number of hydroxylamine groups is 1. The third kappa shape index (κ3) is 2.48. The molecule has 0 unspecified atom stereocenters. The standard InChI is InChI=1S/C7H14N2O2/c8-4-5-11-9-7(10)6-2-1-3-6/h6H,1-5,8H2,(H,9,10). The van der Waals surface area contributed by atoms with E-state index in [1.165, 1.54) is 0 Å². The number of hydrogen-bond acceptors (Lipinski definition) is 3. The van der Waals surface area contributed by atoms with Crippen LogP contribution in [0, 0.1) is 5.92 Å². The second-order valence-corrected chi connectivity index (χ2v) is 2.73. The van der Waals surface area contributed by atoms with Gasteiger partial charge in [0.25, 0.3) is 0 Å². The Bertz CT molecular complexity index is 134. The van der Waals surface area contributed by atoms with Crippen LogP contribution < -0.4 is 11.2 Å². The molecule has 1 amide bonds. The maximum Gasteiger partial charge on any atom is 0.246 e. The molecular formula is C7H14N2O2. The zero-order chi connectivity index (χ0) is 8.10. The molecule has 4 nitrogen and oxygen atoms in total. The Morgan fingerprint density at radius 2 is 2.36 bits per heavy atom. The summed E-state index contributed by atoms with van der Waals surface area (Å²) in [4.78, 5) is 15.8. The molecule has 1 aliphatic carbocycles. The molecule has 4 heteroatoms. The van der Waals surface area contributed by atoms with Gasteiger partial charge in [-0.25, -0.2) is 5.48 Å². The maximum atomic E-state index is 11.0. The van der Waals surface area contributed by atoms with Crippen LogP contribution in [-0.2, 0) is 9.63 Å². The van der Waals surface area contributed by atoms with Gasteiger partial charge in [0.15, 0.2) is 0 Å². The summed E-state index contributed by atoms with van der Waals surface area (Å²) in [5.74, 6) is 0.192. The van der Waals surface area contributed by atoms with Gasteiger partial charge in [-0.05, 0) is 12.8 Å². The van der Waals surface area contributed by atoms with Gasteiger partial charge in [0.05, 0.1) is 6.61 Å². The molecule has 0 atom stereocenters. The van der Waals surface area contributed by atoms with Gasteiger partial charge < -0.3 is 5.73 Å². The number of carbonyl (C=O) groups is 1. The fourth-order valence-corrected chi connectivity index (χ4v) is 0.935. The molecular weight excluding hydrogens is 144 g/mol. The van der Waals surface area contributed by atoms with Gasteiger partial charge in [0, 0.05) is 12.5 Å². The van der Waals surface area contributed by atoms with E-state index in [1.54, 1.807) is 0 Å². The van der Waals surface area contributed by atoms with Crippen LogP contribution in [0.25, 0.3) is 0 Å². The second kappa shape index (κ2) is 4.31. The molecule has 1 aliphatic rings. The first kappa shape index (κ1) is 8.49. The molecule has 0 aliphatic heterocycles. The zero-order valence-corrected chi connectivity index (χ0v) is 6.51. The number of hydrogen-bond donors (Lipinski definition) is 2. The molecule has 1 rings (SSSR count). The lowest BCUT2D eigenvalue weighted by atomic mass is 9.85. The highest BCUT2D eigenvalue weighted by molar-refractivity contribution is 5.78. The molecule has 1 fully saturated rings. The minimum atomic E-state index is 0.00435. The first-order chi connectivity index (χ1) is 5.34. The van der Waals surface area contributed by atoms with Crippen molar-refractivity contribution in [2.45, 2.75) is 19.3 Å². The van der Waals surface area contributed by atoms with E-state index in [4.69, 9.17) is 10.6 Å². The van der Waals surface area contributed by atoms with Gasteiger partial charge in [0.1, 0.15) is 0 Å².